The Bertz CT molecular complexity index is 264. The Hall–Kier alpha value is -0.870. The third kappa shape index (κ3) is 5.33. The summed E-state index contributed by atoms with van der Waals surface area (Å²) in [5, 5.41) is 0. The van der Waals surface area contributed by atoms with Crippen molar-refractivity contribution in [2.24, 2.45) is 5.92 Å². The lowest BCUT2D eigenvalue weighted by Crippen LogP contribution is -2.35. The fraction of sp³-hybridized carbons (Fsp3) is 0.917. The van der Waals surface area contributed by atoms with Gasteiger partial charge in [0, 0.05) is 19.5 Å². The first-order valence-corrected chi connectivity index (χ1v) is 6.04. The number of amides is 1. The van der Waals surface area contributed by atoms with Crippen LogP contribution in [0.1, 0.15) is 40.0 Å². The van der Waals surface area contributed by atoms with Gasteiger partial charge in [-0.05, 0) is 39.5 Å². The minimum Gasteiger partial charge on any atom is -0.444 e. The van der Waals surface area contributed by atoms with Gasteiger partial charge in [-0.2, -0.15) is 0 Å². The SMILES string of the molecule is CC(C)(C)OC(=O)N1CC[C@H](CCC(F)F)C1. The number of ether oxygens (including phenoxy) is 1. The summed E-state index contributed by atoms with van der Waals surface area (Å²) in [4.78, 5) is 13.3. The van der Waals surface area contributed by atoms with Crippen LogP contribution in [0.15, 0.2) is 0 Å². The first-order valence-electron chi connectivity index (χ1n) is 6.04. The van der Waals surface area contributed by atoms with Gasteiger partial charge in [0.2, 0.25) is 6.43 Å². The minimum absolute atomic E-state index is 0.0766. The van der Waals surface area contributed by atoms with Gasteiger partial charge in [-0.3, -0.25) is 0 Å². The molecule has 0 N–H and O–H groups in total. The van der Waals surface area contributed by atoms with Crippen molar-refractivity contribution in [3.63, 3.8) is 0 Å². The highest BCUT2D eigenvalue weighted by Crippen LogP contribution is 2.24. The second-order valence-corrected chi connectivity index (χ2v) is 5.55. The average molecular weight is 249 g/mol. The van der Waals surface area contributed by atoms with Crippen molar-refractivity contribution in [3.05, 3.63) is 0 Å². The van der Waals surface area contributed by atoms with E-state index in [-0.39, 0.29) is 18.4 Å². The van der Waals surface area contributed by atoms with Crippen molar-refractivity contribution in [3.8, 4) is 0 Å². The van der Waals surface area contributed by atoms with Crippen molar-refractivity contribution in [2.75, 3.05) is 13.1 Å². The molecular weight excluding hydrogens is 228 g/mol. The molecule has 0 bridgehead atoms. The highest BCUT2D eigenvalue weighted by molar-refractivity contribution is 5.68. The predicted octanol–water partition coefficient (Wildman–Crippen LogP) is 3.29. The van der Waals surface area contributed by atoms with Crippen LogP contribution in [0.4, 0.5) is 13.6 Å². The molecule has 0 aliphatic carbocycles. The van der Waals surface area contributed by atoms with Gasteiger partial charge in [0.25, 0.3) is 0 Å². The van der Waals surface area contributed by atoms with E-state index in [0.717, 1.165) is 6.42 Å². The molecule has 3 nitrogen and oxygen atoms in total. The summed E-state index contributed by atoms with van der Waals surface area (Å²) in [5.74, 6) is 0.191. The molecule has 1 rings (SSSR count). The normalized spacial score (nSPS) is 21.1. The predicted molar refractivity (Wildman–Crippen MR) is 61.2 cm³/mol. The third-order valence-electron chi connectivity index (χ3n) is 2.73. The molecule has 1 heterocycles. The van der Waals surface area contributed by atoms with Crippen molar-refractivity contribution < 1.29 is 18.3 Å². The number of hydrogen-bond acceptors (Lipinski definition) is 2. The molecule has 1 saturated heterocycles. The Morgan fingerprint density at radius 1 is 1.47 bits per heavy atom. The first-order chi connectivity index (χ1) is 7.78. The minimum atomic E-state index is -2.24. The van der Waals surface area contributed by atoms with Crippen LogP contribution >= 0.6 is 0 Å². The van der Waals surface area contributed by atoms with E-state index in [1.807, 2.05) is 20.8 Å². The fourth-order valence-electron chi connectivity index (χ4n) is 1.92. The summed E-state index contributed by atoms with van der Waals surface area (Å²) in [5.41, 5.74) is -0.502. The Kier molecular flexibility index (Phi) is 4.71. The second kappa shape index (κ2) is 5.65. The second-order valence-electron chi connectivity index (χ2n) is 5.55. The zero-order valence-electron chi connectivity index (χ0n) is 10.7. The van der Waals surface area contributed by atoms with Gasteiger partial charge in [0.05, 0.1) is 0 Å². The Morgan fingerprint density at radius 2 is 2.12 bits per heavy atom. The largest absolute Gasteiger partial charge is 0.444 e. The van der Waals surface area contributed by atoms with E-state index in [1.54, 1.807) is 4.90 Å². The monoisotopic (exact) mass is 249 g/mol. The van der Waals surface area contributed by atoms with E-state index in [0.29, 0.717) is 19.5 Å². The number of likely N-dealkylation sites (tertiary alicyclic amines) is 1. The van der Waals surface area contributed by atoms with Crippen LogP contribution in [0.3, 0.4) is 0 Å². The fourth-order valence-corrected chi connectivity index (χ4v) is 1.92. The zero-order valence-corrected chi connectivity index (χ0v) is 10.7. The summed E-state index contributed by atoms with van der Waals surface area (Å²) in [6.07, 6.45) is -1.38. The van der Waals surface area contributed by atoms with Crippen LogP contribution in [0.2, 0.25) is 0 Å². The molecule has 1 amide bonds. The number of halogens is 2. The number of alkyl halides is 2. The van der Waals surface area contributed by atoms with Gasteiger partial charge in [0.1, 0.15) is 5.60 Å². The van der Waals surface area contributed by atoms with Crippen LogP contribution in [0.25, 0.3) is 0 Å². The van der Waals surface area contributed by atoms with Crippen LogP contribution in [0, 0.1) is 5.92 Å². The molecule has 0 aromatic heterocycles. The lowest BCUT2D eigenvalue weighted by molar-refractivity contribution is 0.0286. The number of rotatable bonds is 3. The van der Waals surface area contributed by atoms with Crippen LogP contribution in [-0.4, -0.2) is 36.1 Å². The average Bonchev–Trinajstić information content (AvgIpc) is 2.60. The molecule has 0 spiro atoms. The highest BCUT2D eigenvalue weighted by atomic mass is 19.3. The summed E-state index contributed by atoms with van der Waals surface area (Å²) >= 11 is 0. The Labute approximate surface area is 101 Å². The zero-order chi connectivity index (χ0) is 13.1. The van der Waals surface area contributed by atoms with Gasteiger partial charge in [0.15, 0.2) is 0 Å². The molecular formula is C12H21F2NO2. The maximum absolute atomic E-state index is 12.1. The van der Waals surface area contributed by atoms with Crippen LogP contribution < -0.4 is 0 Å². The van der Waals surface area contributed by atoms with Gasteiger partial charge >= 0.3 is 6.09 Å². The molecule has 1 aliphatic heterocycles. The molecule has 0 radical (unpaired) electrons. The van der Waals surface area contributed by atoms with Gasteiger partial charge in [-0.1, -0.05) is 0 Å². The molecule has 17 heavy (non-hydrogen) atoms. The summed E-state index contributed by atoms with van der Waals surface area (Å²) < 4.78 is 29.4. The Balaban J connectivity index is 2.32. The number of carbonyl (C=O) groups excluding carboxylic acids is 1. The molecule has 100 valence electrons. The van der Waals surface area contributed by atoms with E-state index in [4.69, 9.17) is 4.74 Å². The van der Waals surface area contributed by atoms with E-state index < -0.39 is 12.0 Å². The lowest BCUT2D eigenvalue weighted by Gasteiger charge is -2.24. The topological polar surface area (TPSA) is 29.5 Å². The molecule has 1 fully saturated rings. The first kappa shape index (κ1) is 14.2. The molecule has 0 unspecified atom stereocenters. The maximum Gasteiger partial charge on any atom is 0.410 e. The van der Waals surface area contributed by atoms with Crippen molar-refractivity contribution in [1.29, 1.82) is 0 Å². The molecule has 1 atom stereocenters. The molecule has 0 aromatic rings. The van der Waals surface area contributed by atoms with E-state index >= 15 is 0 Å². The summed E-state index contributed by atoms with van der Waals surface area (Å²) in [7, 11) is 0. The molecule has 0 saturated carbocycles. The number of carbonyl (C=O) groups is 1. The van der Waals surface area contributed by atoms with E-state index in [9.17, 15) is 13.6 Å². The highest BCUT2D eigenvalue weighted by Gasteiger charge is 2.29. The quantitative estimate of drug-likeness (QED) is 0.768. The van der Waals surface area contributed by atoms with Gasteiger partial charge in [-0.15, -0.1) is 0 Å². The molecule has 1 aliphatic rings. The van der Waals surface area contributed by atoms with Gasteiger partial charge < -0.3 is 9.64 Å². The maximum atomic E-state index is 12.1. The molecule has 5 heteroatoms. The number of hydrogen-bond donors (Lipinski definition) is 0. The third-order valence-corrected chi connectivity index (χ3v) is 2.73. The van der Waals surface area contributed by atoms with Crippen molar-refractivity contribution in [2.45, 2.75) is 52.1 Å². The molecule has 0 aromatic carbocycles. The summed E-state index contributed by atoms with van der Waals surface area (Å²) in [6, 6.07) is 0. The van der Waals surface area contributed by atoms with Crippen molar-refractivity contribution in [1.82, 2.24) is 4.90 Å². The van der Waals surface area contributed by atoms with Gasteiger partial charge in [-0.25, -0.2) is 13.6 Å². The number of nitrogens with zero attached hydrogens (tertiary/aromatic N) is 1. The smallest absolute Gasteiger partial charge is 0.410 e. The Morgan fingerprint density at radius 3 is 2.65 bits per heavy atom. The lowest BCUT2D eigenvalue weighted by atomic mass is 10.0. The van der Waals surface area contributed by atoms with Crippen molar-refractivity contribution >= 4 is 6.09 Å². The van der Waals surface area contributed by atoms with Crippen LogP contribution in [0.5, 0.6) is 0 Å². The van der Waals surface area contributed by atoms with E-state index in [2.05, 4.69) is 0 Å². The summed E-state index contributed by atoms with van der Waals surface area (Å²) in [6.45, 7) is 6.60. The van der Waals surface area contributed by atoms with E-state index in [1.165, 1.54) is 0 Å². The standard InChI is InChI=1S/C12H21F2NO2/c1-12(2,3)17-11(16)15-7-6-9(8-15)4-5-10(13)14/h9-10H,4-8H2,1-3H3/t9-/m0/s1. The van der Waals surface area contributed by atoms with Crippen LogP contribution in [-0.2, 0) is 4.74 Å².